The first-order valence-electron chi connectivity index (χ1n) is 7.20. The van der Waals surface area contributed by atoms with Gasteiger partial charge in [0.15, 0.2) is 5.96 Å². The van der Waals surface area contributed by atoms with Gasteiger partial charge in [0.1, 0.15) is 0 Å². The molecule has 0 aromatic heterocycles. The number of halogens is 2. The smallest absolute Gasteiger partial charge is 0.255 e. The highest BCUT2D eigenvalue weighted by atomic mass is 19.3. The van der Waals surface area contributed by atoms with E-state index in [2.05, 4.69) is 29.5 Å². The molecule has 1 aliphatic rings. The maximum atomic E-state index is 12.2. The fourth-order valence-electron chi connectivity index (χ4n) is 3.11. The fraction of sp³-hybridized carbons (Fsp3) is 0.929. The molecule has 0 radical (unpaired) electrons. The molecule has 0 aromatic carbocycles. The second-order valence-corrected chi connectivity index (χ2v) is 6.00. The van der Waals surface area contributed by atoms with Crippen LogP contribution in [0.25, 0.3) is 0 Å². The molecule has 1 rings (SSSR count). The zero-order valence-corrected chi connectivity index (χ0v) is 12.3. The Kier molecular flexibility index (Phi) is 6.52. The highest BCUT2D eigenvalue weighted by molar-refractivity contribution is 5.79. The lowest BCUT2D eigenvalue weighted by Gasteiger charge is -2.31. The maximum Gasteiger partial charge on any atom is 0.255 e. The zero-order chi connectivity index (χ0) is 14.3. The van der Waals surface area contributed by atoms with Crippen LogP contribution in [0.15, 0.2) is 4.99 Å². The van der Waals surface area contributed by atoms with Crippen molar-refractivity contribution in [3.05, 3.63) is 0 Å². The van der Waals surface area contributed by atoms with Gasteiger partial charge in [-0.25, -0.2) is 8.78 Å². The molecular formula is C14H27F2N3. The van der Waals surface area contributed by atoms with Crippen LogP contribution in [0.4, 0.5) is 8.78 Å². The third kappa shape index (κ3) is 5.74. The molecule has 0 bridgehead atoms. The van der Waals surface area contributed by atoms with E-state index in [4.69, 9.17) is 0 Å². The van der Waals surface area contributed by atoms with Crippen LogP contribution in [-0.4, -0.2) is 32.5 Å². The number of nitrogens with zero attached hydrogens (tertiary/aromatic N) is 1. The quantitative estimate of drug-likeness (QED) is 0.577. The summed E-state index contributed by atoms with van der Waals surface area (Å²) < 4.78 is 24.3. The van der Waals surface area contributed by atoms with Gasteiger partial charge in [0.25, 0.3) is 6.43 Å². The monoisotopic (exact) mass is 275 g/mol. The van der Waals surface area contributed by atoms with Crippen LogP contribution in [0.1, 0.15) is 46.0 Å². The predicted octanol–water partition coefficient (Wildman–Crippen LogP) is 3.02. The van der Waals surface area contributed by atoms with E-state index in [0.717, 1.165) is 6.54 Å². The zero-order valence-electron chi connectivity index (χ0n) is 12.3. The first kappa shape index (κ1) is 16.2. The number of alkyl halides is 2. The van der Waals surface area contributed by atoms with Crippen molar-refractivity contribution < 1.29 is 8.78 Å². The molecule has 0 amide bonds. The van der Waals surface area contributed by atoms with E-state index in [-0.39, 0.29) is 6.54 Å². The Labute approximate surface area is 115 Å². The van der Waals surface area contributed by atoms with Gasteiger partial charge in [0.2, 0.25) is 0 Å². The van der Waals surface area contributed by atoms with Crippen molar-refractivity contribution in [3.8, 4) is 0 Å². The Morgan fingerprint density at radius 1 is 1.21 bits per heavy atom. The molecule has 0 saturated heterocycles. The second-order valence-electron chi connectivity index (χ2n) is 6.00. The third-order valence-electron chi connectivity index (χ3n) is 3.78. The summed E-state index contributed by atoms with van der Waals surface area (Å²) in [5.74, 6) is 1.14. The molecule has 0 heterocycles. The van der Waals surface area contributed by atoms with Crippen LogP contribution in [-0.2, 0) is 0 Å². The molecule has 2 N–H and O–H groups in total. The van der Waals surface area contributed by atoms with Gasteiger partial charge in [0.05, 0.1) is 6.54 Å². The normalized spacial score (nSPS) is 19.2. The van der Waals surface area contributed by atoms with E-state index < -0.39 is 6.43 Å². The first-order chi connectivity index (χ1) is 8.97. The van der Waals surface area contributed by atoms with Gasteiger partial charge in [-0.3, -0.25) is 4.99 Å². The van der Waals surface area contributed by atoms with Gasteiger partial charge >= 0.3 is 0 Å². The summed E-state index contributed by atoms with van der Waals surface area (Å²) in [5.41, 5.74) is 0.316. The lowest BCUT2D eigenvalue weighted by atomic mass is 9.78. The summed E-state index contributed by atoms with van der Waals surface area (Å²) in [5, 5.41) is 5.87. The number of nitrogens with one attached hydrogen (secondary N) is 2. The topological polar surface area (TPSA) is 36.4 Å². The van der Waals surface area contributed by atoms with Gasteiger partial charge in [0, 0.05) is 13.6 Å². The molecule has 0 unspecified atom stereocenters. The van der Waals surface area contributed by atoms with Gasteiger partial charge in [-0.05, 0) is 30.6 Å². The Bertz CT molecular complexity index is 284. The van der Waals surface area contributed by atoms with Gasteiger partial charge in [-0.2, -0.15) is 0 Å². The van der Waals surface area contributed by atoms with E-state index in [0.29, 0.717) is 17.3 Å². The van der Waals surface area contributed by atoms with E-state index in [1.807, 2.05) is 0 Å². The van der Waals surface area contributed by atoms with Crippen molar-refractivity contribution in [1.82, 2.24) is 10.6 Å². The van der Waals surface area contributed by atoms with Crippen molar-refractivity contribution in [2.75, 3.05) is 20.1 Å². The third-order valence-corrected chi connectivity index (χ3v) is 3.78. The van der Waals surface area contributed by atoms with Crippen LogP contribution in [0.5, 0.6) is 0 Å². The van der Waals surface area contributed by atoms with E-state index in [1.165, 1.54) is 32.1 Å². The van der Waals surface area contributed by atoms with Crippen LogP contribution < -0.4 is 10.6 Å². The SMILES string of the molecule is CN=C(NCC(F)F)NCC1(CC(C)C)CCCC1. The summed E-state index contributed by atoms with van der Waals surface area (Å²) in [6, 6.07) is 0. The summed E-state index contributed by atoms with van der Waals surface area (Å²) in [6.45, 7) is 4.96. The molecule has 1 aliphatic carbocycles. The first-order valence-corrected chi connectivity index (χ1v) is 7.20. The van der Waals surface area contributed by atoms with E-state index >= 15 is 0 Å². The van der Waals surface area contributed by atoms with Crippen molar-refractivity contribution >= 4 is 5.96 Å². The molecule has 112 valence electrons. The molecular weight excluding hydrogens is 248 g/mol. The lowest BCUT2D eigenvalue weighted by molar-refractivity contribution is 0.152. The van der Waals surface area contributed by atoms with Crippen LogP contribution in [0.3, 0.4) is 0 Å². The number of hydrogen-bond donors (Lipinski definition) is 2. The van der Waals surface area contributed by atoms with Gasteiger partial charge < -0.3 is 10.6 Å². The molecule has 5 heteroatoms. The fourth-order valence-corrected chi connectivity index (χ4v) is 3.11. The highest BCUT2D eigenvalue weighted by Crippen LogP contribution is 2.42. The average molecular weight is 275 g/mol. The standard InChI is InChI=1S/C14H27F2N3/c1-11(2)8-14(6-4-5-7-14)10-19-13(17-3)18-9-12(15)16/h11-12H,4-10H2,1-3H3,(H2,17,18,19). The summed E-state index contributed by atoms with van der Waals surface area (Å²) >= 11 is 0. The average Bonchev–Trinajstić information content (AvgIpc) is 2.77. The molecule has 0 aromatic rings. The molecule has 0 spiro atoms. The second kappa shape index (κ2) is 7.65. The van der Waals surface area contributed by atoms with Crippen molar-refractivity contribution in [2.24, 2.45) is 16.3 Å². The van der Waals surface area contributed by atoms with Gasteiger partial charge in [-0.1, -0.05) is 26.7 Å². The minimum absolute atomic E-state index is 0.316. The Morgan fingerprint density at radius 2 is 1.84 bits per heavy atom. The maximum absolute atomic E-state index is 12.2. The largest absolute Gasteiger partial charge is 0.356 e. The number of guanidine groups is 1. The van der Waals surface area contributed by atoms with E-state index in [9.17, 15) is 8.78 Å². The van der Waals surface area contributed by atoms with Gasteiger partial charge in [-0.15, -0.1) is 0 Å². The summed E-state index contributed by atoms with van der Waals surface area (Å²) in [7, 11) is 1.62. The lowest BCUT2D eigenvalue weighted by Crippen LogP contribution is -2.44. The molecule has 1 fully saturated rings. The van der Waals surface area contributed by atoms with Crippen molar-refractivity contribution in [3.63, 3.8) is 0 Å². The molecule has 0 atom stereocenters. The molecule has 19 heavy (non-hydrogen) atoms. The van der Waals surface area contributed by atoms with Crippen LogP contribution in [0.2, 0.25) is 0 Å². The van der Waals surface area contributed by atoms with E-state index in [1.54, 1.807) is 7.05 Å². The Balaban J connectivity index is 2.46. The van der Waals surface area contributed by atoms with Crippen molar-refractivity contribution in [2.45, 2.75) is 52.4 Å². The van der Waals surface area contributed by atoms with Crippen LogP contribution >= 0.6 is 0 Å². The molecule has 0 aliphatic heterocycles. The summed E-state index contributed by atoms with van der Waals surface area (Å²) in [4.78, 5) is 3.99. The predicted molar refractivity (Wildman–Crippen MR) is 75.7 cm³/mol. The minimum atomic E-state index is -2.35. The highest BCUT2D eigenvalue weighted by Gasteiger charge is 2.34. The number of rotatable bonds is 6. The Hall–Kier alpha value is -0.870. The molecule has 3 nitrogen and oxygen atoms in total. The number of aliphatic imine (C=N–C) groups is 1. The minimum Gasteiger partial charge on any atom is -0.356 e. The van der Waals surface area contributed by atoms with Crippen molar-refractivity contribution in [1.29, 1.82) is 0 Å². The van der Waals surface area contributed by atoms with Crippen LogP contribution in [0, 0.1) is 11.3 Å². The molecule has 1 saturated carbocycles. The summed E-state index contributed by atoms with van der Waals surface area (Å²) in [6.07, 6.45) is 3.84. The Morgan fingerprint density at radius 3 is 2.32 bits per heavy atom. The number of hydrogen-bond acceptors (Lipinski definition) is 1.